The van der Waals surface area contributed by atoms with E-state index in [2.05, 4.69) is 22.9 Å². The lowest BCUT2D eigenvalue weighted by Crippen LogP contribution is -1.86. The number of benzene rings is 1. The van der Waals surface area contributed by atoms with Crippen LogP contribution in [0.1, 0.15) is 23.7 Å². The van der Waals surface area contributed by atoms with Crippen LogP contribution in [0.3, 0.4) is 0 Å². The molecule has 0 saturated carbocycles. The van der Waals surface area contributed by atoms with E-state index in [-0.39, 0.29) is 0 Å². The van der Waals surface area contributed by atoms with Gasteiger partial charge in [-0.25, -0.2) is 0 Å². The van der Waals surface area contributed by atoms with Gasteiger partial charge in [0.15, 0.2) is 0 Å². The van der Waals surface area contributed by atoms with E-state index in [1.165, 1.54) is 0 Å². The van der Waals surface area contributed by atoms with E-state index >= 15 is 0 Å². The van der Waals surface area contributed by atoms with Crippen LogP contribution in [0.5, 0.6) is 0 Å². The highest BCUT2D eigenvalue weighted by Crippen LogP contribution is 2.30. The van der Waals surface area contributed by atoms with Gasteiger partial charge in [-0.15, -0.1) is 0 Å². The predicted octanol–water partition coefficient (Wildman–Crippen LogP) is 4.84. The molecule has 1 atom stereocenters. The first-order valence-electron chi connectivity index (χ1n) is 3.73. The third kappa shape index (κ3) is 2.65. The maximum absolute atomic E-state index is 5.85. The molecule has 0 spiro atoms. The molecule has 0 N–H and O–H groups in total. The van der Waals surface area contributed by atoms with Crippen molar-refractivity contribution in [2.75, 3.05) is 0 Å². The Labute approximate surface area is 91.0 Å². The SMILES string of the molecule is CCC(Br)c1cc(Cl)cc(Cl)c1. The molecule has 0 aliphatic rings. The van der Waals surface area contributed by atoms with Gasteiger partial charge in [0.05, 0.1) is 0 Å². The number of rotatable bonds is 2. The van der Waals surface area contributed by atoms with Crippen molar-refractivity contribution in [1.29, 1.82) is 0 Å². The standard InChI is InChI=1S/C9H9BrCl2/c1-2-9(10)6-3-7(11)5-8(12)4-6/h3-5,9H,2H2,1H3. The summed E-state index contributed by atoms with van der Waals surface area (Å²) in [5.41, 5.74) is 1.13. The first-order chi connectivity index (χ1) is 5.63. The zero-order valence-corrected chi connectivity index (χ0v) is 9.75. The highest BCUT2D eigenvalue weighted by molar-refractivity contribution is 9.09. The lowest BCUT2D eigenvalue weighted by atomic mass is 10.1. The molecule has 0 aromatic heterocycles. The molecule has 1 aromatic rings. The Kier molecular flexibility index (Phi) is 3.88. The molecule has 1 unspecified atom stereocenters. The average Bonchev–Trinajstić information content (AvgIpc) is 2.01. The van der Waals surface area contributed by atoms with Gasteiger partial charge in [-0.05, 0) is 30.2 Å². The Hall–Kier alpha value is 0.280. The molecule has 0 aliphatic heterocycles. The number of halogens is 3. The highest BCUT2D eigenvalue weighted by Gasteiger charge is 2.06. The summed E-state index contributed by atoms with van der Waals surface area (Å²) >= 11 is 15.2. The lowest BCUT2D eigenvalue weighted by molar-refractivity contribution is 0.911. The van der Waals surface area contributed by atoms with Crippen LogP contribution in [0.2, 0.25) is 10.0 Å². The molecule has 1 rings (SSSR count). The van der Waals surface area contributed by atoms with Crippen molar-refractivity contribution in [3.63, 3.8) is 0 Å². The summed E-state index contributed by atoms with van der Waals surface area (Å²) in [4.78, 5) is 0.341. The molecule has 0 fully saturated rings. The van der Waals surface area contributed by atoms with Gasteiger partial charge in [0.1, 0.15) is 0 Å². The largest absolute Gasteiger partial charge is 0.0843 e. The molecule has 0 nitrogen and oxygen atoms in total. The zero-order chi connectivity index (χ0) is 9.14. The van der Waals surface area contributed by atoms with Crippen molar-refractivity contribution >= 4 is 39.1 Å². The van der Waals surface area contributed by atoms with E-state index in [0.29, 0.717) is 14.9 Å². The number of alkyl halides is 1. The average molecular weight is 268 g/mol. The van der Waals surface area contributed by atoms with Gasteiger partial charge in [-0.2, -0.15) is 0 Å². The third-order valence-electron chi connectivity index (χ3n) is 1.61. The summed E-state index contributed by atoms with van der Waals surface area (Å²) in [6, 6.07) is 5.59. The minimum atomic E-state index is 0.341. The van der Waals surface area contributed by atoms with E-state index in [4.69, 9.17) is 23.2 Å². The second-order valence-corrected chi connectivity index (χ2v) is 4.56. The number of hydrogen-bond donors (Lipinski definition) is 0. The highest BCUT2D eigenvalue weighted by atomic mass is 79.9. The van der Waals surface area contributed by atoms with Crippen molar-refractivity contribution in [3.05, 3.63) is 33.8 Å². The molecule has 0 saturated heterocycles. The monoisotopic (exact) mass is 266 g/mol. The molecule has 0 radical (unpaired) electrons. The van der Waals surface area contributed by atoms with E-state index in [1.807, 2.05) is 12.1 Å². The smallest absolute Gasteiger partial charge is 0.0423 e. The fourth-order valence-electron chi connectivity index (χ4n) is 0.992. The Morgan fingerprint density at radius 1 is 1.25 bits per heavy atom. The number of hydrogen-bond acceptors (Lipinski definition) is 0. The van der Waals surface area contributed by atoms with E-state index in [1.54, 1.807) is 6.07 Å². The predicted molar refractivity (Wildman–Crippen MR) is 58.4 cm³/mol. The summed E-state index contributed by atoms with van der Waals surface area (Å²) in [5, 5.41) is 1.38. The van der Waals surface area contributed by atoms with Crippen molar-refractivity contribution < 1.29 is 0 Å². The molecular formula is C9H9BrCl2. The van der Waals surface area contributed by atoms with Crippen LogP contribution in [-0.2, 0) is 0 Å². The van der Waals surface area contributed by atoms with Gasteiger partial charge in [-0.1, -0.05) is 46.1 Å². The normalized spacial score (nSPS) is 13.0. The summed E-state index contributed by atoms with van der Waals surface area (Å²) in [5.74, 6) is 0. The van der Waals surface area contributed by atoms with Crippen molar-refractivity contribution in [3.8, 4) is 0 Å². The maximum Gasteiger partial charge on any atom is 0.0423 e. The fraction of sp³-hybridized carbons (Fsp3) is 0.333. The Bertz CT molecular complexity index is 253. The van der Waals surface area contributed by atoms with Crippen molar-refractivity contribution in [2.24, 2.45) is 0 Å². The third-order valence-corrected chi connectivity index (χ3v) is 3.22. The van der Waals surface area contributed by atoms with Gasteiger partial charge in [0.25, 0.3) is 0 Å². The molecule has 0 bridgehead atoms. The van der Waals surface area contributed by atoms with Gasteiger partial charge >= 0.3 is 0 Å². The topological polar surface area (TPSA) is 0 Å². The molecule has 0 aliphatic carbocycles. The van der Waals surface area contributed by atoms with Crippen molar-refractivity contribution in [1.82, 2.24) is 0 Å². The summed E-state index contributed by atoms with van der Waals surface area (Å²) < 4.78 is 0. The van der Waals surface area contributed by atoms with Crippen LogP contribution in [0.25, 0.3) is 0 Å². The first kappa shape index (κ1) is 10.4. The molecule has 66 valence electrons. The van der Waals surface area contributed by atoms with Crippen LogP contribution in [0.15, 0.2) is 18.2 Å². The Morgan fingerprint density at radius 3 is 2.17 bits per heavy atom. The molecular weight excluding hydrogens is 259 g/mol. The van der Waals surface area contributed by atoms with Crippen LogP contribution < -0.4 is 0 Å². The lowest BCUT2D eigenvalue weighted by Gasteiger charge is -2.07. The van der Waals surface area contributed by atoms with Gasteiger partial charge in [-0.3, -0.25) is 0 Å². The summed E-state index contributed by atoms with van der Waals surface area (Å²) in [7, 11) is 0. The van der Waals surface area contributed by atoms with Crippen LogP contribution in [0, 0.1) is 0 Å². The minimum absolute atomic E-state index is 0.341. The molecule has 0 heterocycles. The second-order valence-electron chi connectivity index (χ2n) is 2.58. The first-order valence-corrected chi connectivity index (χ1v) is 5.40. The van der Waals surface area contributed by atoms with Gasteiger partial charge in [0.2, 0.25) is 0 Å². The summed E-state index contributed by atoms with van der Waals surface area (Å²) in [6.45, 7) is 2.11. The van der Waals surface area contributed by atoms with Crippen LogP contribution in [-0.4, -0.2) is 0 Å². The molecule has 12 heavy (non-hydrogen) atoms. The zero-order valence-electron chi connectivity index (χ0n) is 6.65. The van der Waals surface area contributed by atoms with Crippen molar-refractivity contribution in [2.45, 2.75) is 18.2 Å². The van der Waals surface area contributed by atoms with E-state index < -0.39 is 0 Å². The second kappa shape index (κ2) is 4.50. The quantitative estimate of drug-likeness (QED) is 0.673. The molecule has 0 amide bonds. The van der Waals surface area contributed by atoms with Crippen LogP contribution >= 0.6 is 39.1 Å². The maximum atomic E-state index is 5.85. The molecule has 3 heteroatoms. The Morgan fingerprint density at radius 2 is 1.75 bits per heavy atom. The Balaban J connectivity index is 3.00. The molecule has 1 aromatic carbocycles. The van der Waals surface area contributed by atoms with E-state index in [9.17, 15) is 0 Å². The van der Waals surface area contributed by atoms with Gasteiger partial charge in [0, 0.05) is 14.9 Å². The van der Waals surface area contributed by atoms with Gasteiger partial charge < -0.3 is 0 Å². The van der Waals surface area contributed by atoms with E-state index in [0.717, 1.165) is 12.0 Å². The fourth-order valence-corrected chi connectivity index (χ4v) is 1.80. The minimum Gasteiger partial charge on any atom is -0.0843 e. The van der Waals surface area contributed by atoms with Crippen LogP contribution in [0.4, 0.5) is 0 Å². The summed E-state index contributed by atoms with van der Waals surface area (Å²) in [6.07, 6.45) is 1.02.